The first-order valence-electron chi connectivity index (χ1n) is 7.68. The van der Waals surface area contributed by atoms with E-state index >= 15 is 0 Å². The van der Waals surface area contributed by atoms with Gasteiger partial charge < -0.3 is 16.4 Å². The van der Waals surface area contributed by atoms with Crippen molar-refractivity contribution in [3.05, 3.63) is 23.8 Å². The van der Waals surface area contributed by atoms with Crippen molar-refractivity contribution in [1.29, 1.82) is 0 Å². The average molecular weight is 304 g/mol. The fourth-order valence-corrected chi connectivity index (χ4v) is 2.44. The number of nitrogens with zero attached hydrogens (tertiary/aromatic N) is 1. The minimum absolute atomic E-state index is 0.0706. The number of fused-ring (bicyclic) bond motifs is 1. The summed E-state index contributed by atoms with van der Waals surface area (Å²) in [4.78, 5) is 25.8. The van der Waals surface area contributed by atoms with Crippen molar-refractivity contribution >= 4 is 23.3 Å². The maximum Gasteiger partial charge on any atom is 0.321 e. The molecule has 6 heteroatoms. The van der Waals surface area contributed by atoms with Crippen molar-refractivity contribution in [2.75, 3.05) is 23.3 Å². The molecule has 1 aliphatic heterocycles. The quantitative estimate of drug-likeness (QED) is 0.791. The van der Waals surface area contributed by atoms with Crippen LogP contribution in [0.25, 0.3) is 0 Å². The molecule has 0 saturated carbocycles. The van der Waals surface area contributed by atoms with Crippen LogP contribution in [0.3, 0.4) is 0 Å². The van der Waals surface area contributed by atoms with Crippen LogP contribution in [0.15, 0.2) is 18.2 Å². The minimum Gasteiger partial charge on any atom is -0.338 e. The number of urea groups is 1. The van der Waals surface area contributed by atoms with E-state index in [0.717, 1.165) is 17.7 Å². The average Bonchev–Trinajstić information content (AvgIpc) is 2.89. The molecule has 0 aliphatic carbocycles. The molecule has 3 amide bonds. The molecule has 0 bridgehead atoms. The van der Waals surface area contributed by atoms with Crippen molar-refractivity contribution in [1.82, 2.24) is 5.32 Å². The monoisotopic (exact) mass is 304 g/mol. The Morgan fingerprint density at radius 1 is 1.36 bits per heavy atom. The summed E-state index contributed by atoms with van der Waals surface area (Å²) < 4.78 is 0. The van der Waals surface area contributed by atoms with E-state index in [9.17, 15) is 9.59 Å². The fraction of sp³-hybridized carbons (Fsp3) is 0.500. The first-order chi connectivity index (χ1) is 10.4. The Labute approximate surface area is 131 Å². The molecule has 0 aromatic heterocycles. The molecule has 1 aromatic rings. The second kappa shape index (κ2) is 6.79. The largest absolute Gasteiger partial charge is 0.338 e. The molecule has 1 atom stereocenters. The van der Waals surface area contributed by atoms with Gasteiger partial charge in [-0.1, -0.05) is 19.9 Å². The molecule has 1 aromatic carbocycles. The second-order valence-corrected chi connectivity index (χ2v) is 5.84. The highest BCUT2D eigenvalue weighted by Gasteiger charge is 2.25. The van der Waals surface area contributed by atoms with Gasteiger partial charge in [-0.3, -0.25) is 9.69 Å². The van der Waals surface area contributed by atoms with Gasteiger partial charge in [0.15, 0.2) is 0 Å². The first kappa shape index (κ1) is 16.3. The van der Waals surface area contributed by atoms with Gasteiger partial charge in [-0.05, 0) is 37.0 Å². The summed E-state index contributed by atoms with van der Waals surface area (Å²) in [5.74, 6) is -0.140. The lowest BCUT2D eigenvalue weighted by atomic mass is 10.0. The maximum atomic E-state index is 12.0. The van der Waals surface area contributed by atoms with Crippen LogP contribution in [0.1, 0.15) is 26.3 Å². The molecule has 120 valence electrons. The van der Waals surface area contributed by atoms with Crippen LogP contribution in [0.4, 0.5) is 16.2 Å². The van der Waals surface area contributed by atoms with E-state index in [1.807, 2.05) is 39.0 Å². The fourth-order valence-electron chi connectivity index (χ4n) is 2.44. The topological polar surface area (TPSA) is 87.5 Å². The lowest BCUT2D eigenvalue weighted by Gasteiger charge is -2.19. The van der Waals surface area contributed by atoms with Gasteiger partial charge in [0.05, 0.1) is 11.7 Å². The zero-order chi connectivity index (χ0) is 16.3. The van der Waals surface area contributed by atoms with Gasteiger partial charge in [0.25, 0.3) is 0 Å². The minimum atomic E-state index is -0.548. The van der Waals surface area contributed by atoms with E-state index in [2.05, 4.69) is 10.6 Å². The predicted octanol–water partition coefficient (Wildman–Crippen LogP) is 1.70. The summed E-state index contributed by atoms with van der Waals surface area (Å²) >= 11 is 0. The number of nitrogens with two attached hydrogens (primary N) is 1. The van der Waals surface area contributed by atoms with Gasteiger partial charge in [0.1, 0.15) is 0 Å². The Kier molecular flexibility index (Phi) is 5.03. The van der Waals surface area contributed by atoms with Crippen molar-refractivity contribution in [2.45, 2.75) is 33.2 Å². The Bertz CT molecular complexity index is 571. The molecule has 6 nitrogen and oxygen atoms in total. The van der Waals surface area contributed by atoms with Crippen LogP contribution in [0.2, 0.25) is 0 Å². The van der Waals surface area contributed by atoms with E-state index in [1.54, 1.807) is 4.90 Å². The zero-order valence-corrected chi connectivity index (χ0v) is 13.3. The smallest absolute Gasteiger partial charge is 0.321 e. The molecule has 4 N–H and O–H groups in total. The molecule has 0 spiro atoms. The third-order valence-electron chi connectivity index (χ3n) is 3.84. The van der Waals surface area contributed by atoms with Gasteiger partial charge >= 0.3 is 6.03 Å². The molecule has 2 rings (SSSR count). The highest BCUT2D eigenvalue weighted by atomic mass is 16.2. The standard InChI is InChI=1S/C16H24N4O2/c1-4-18-16(22)20-8-7-11-5-6-12(9-13(11)20)19-15(21)14(17)10(2)3/h5-6,9-10,14H,4,7-8,17H2,1-3H3,(H,18,22)(H,19,21)/t14-/m0/s1. The SMILES string of the molecule is CCNC(=O)N1CCc2ccc(NC(=O)[C@@H](N)C(C)C)cc21. The molecule has 0 saturated heterocycles. The van der Waals surface area contributed by atoms with Gasteiger partial charge in [-0.25, -0.2) is 4.79 Å². The molecule has 1 aliphatic rings. The summed E-state index contributed by atoms with van der Waals surface area (Å²) in [7, 11) is 0. The predicted molar refractivity (Wildman–Crippen MR) is 88.0 cm³/mol. The molecule has 0 fully saturated rings. The number of hydrogen-bond donors (Lipinski definition) is 3. The number of carbonyl (C=O) groups excluding carboxylic acids is 2. The van der Waals surface area contributed by atoms with Gasteiger partial charge in [-0.2, -0.15) is 0 Å². The van der Waals surface area contributed by atoms with E-state index in [0.29, 0.717) is 18.8 Å². The number of carbonyl (C=O) groups is 2. The summed E-state index contributed by atoms with van der Waals surface area (Å²) in [6.07, 6.45) is 0.826. The molecule has 1 heterocycles. The molecule has 22 heavy (non-hydrogen) atoms. The number of nitrogens with one attached hydrogen (secondary N) is 2. The van der Waals surface area contributed by atoms with E-state index < -0.39 is 6.04 Å². The Morgan fingerprint density at radius 3 is 2.73 bits per heavy atom. The van der Waals surface area contributed by atoms with Crippen LogP contribution in [-0.4, -0.2) is 31.1 Å². The molecule has 0 unspecified atom stereocenters. The van der Waals surface area contributed by atoms with Crippen molar-refractivity contribution in [3.63, 3.8) is 0 Å². The Balaban J connectivity index is 2.15. The van der Waals surface area contributed by atoms with E-state index in [-0.39, 0.29) is 17.9 Å². The summed E-state index contributed by atoms with van der Waals surface area (Å²) in [5, 5.41) is 5.62. The normalized spacial score (nSPS) is 14.7. The summed E-state index contributed by atoms with van der Waals surface area (Å²) in [5.41, 5.74) is 8.47. The number of anilines is 2. The Hall–Kier alpha value is -2.08. The number of benzene rings is 1. The third kappa shape index (κ3) is 3.39. The lowest BCUT2D eigenvalue weighted by Crippen LogP contribution is -2.40. The third-order valence-corrected chi connectivity index (χ3v) is 3.84. The highest BCUT2D eigenvalue weighted by molar-refractivity contribution is 5.98. The summed E-state index contributed by atoms with van der Waals surface area (Å²) in [6, 6.07) is 4.98. The van der Waals surface area contributed by atoms with Gasteiger partial charge in [0.2, 0.25) is 5.91 Å². The zero-order valence-electron chi connectivity index (χ0n) is 13.3. The molecular weight excluding hydrogens is 280 g/mol. The second-order valence-electron chi connectivity index (χ2n) is 5.84. The molecule has 0 radical (unpaired) electrons. The van der Waals surface area contributed by atoms with E-state index in [4.69, 9.17) is 5.73 Å². The number of hydrogen-bond acceptors (Lipinski definition) is 3. The highest BCUT2D eigenvalue weighted by Crippen LogP contribution is 2.31. The molecular formula is C16H24N4O2. The first-order valence-corrected chi connectivity index (χ1v) is 7.68. The Morgan fingerprint density at radius 2 is 2.09 bits per heavy atom. The van der Waals surface area contributed by atoms with Gasteiger partial charge in [0, 0.05) is 18.8 Å². The van der Waals surface area contributed by atoms with Crippen molar-refractivity contribution in [3.8, 4) is 0 Å². The lowest BCUT2D eigenvalue weighted by molar-refractivity contribution is -0.118. The van der Waals surface area contributed by atoms with Crippen molar-refractivity contribution < 1.29 is 9.59 Å². The van der Waals surface area contributed by atoms with Crippen LogP contribution < -0.4 is 21.3 Å². The number of amides is 3. The van der Waals surface area contributed by atoms with Crippen LogP contribution in [0, 0.1) is 5.92 Å². The van der Waals surface area contributed by atoms with Crippen LogP contribution in [-0.2, 0) is 11.2 Å². The van der Waals surface area contributed by atoms with Crippen LogP contribution >= 0.6 is 0 Å². The number of rotatable bonds is 4. The van der Waals surface area contributed by atoms with Gasteiger partial charge in [-0.15, -0.1) is 0 Å². The van der Waals surface area contributed by atoms with Crippen molar-refractivity contribution in [2.24, 2.45) is 11.7 Å². The van der Waals surface area contributed by atoms with Crippen LogP contribution in [0.5, 0.6) is 0 Å². The van der Waals surface area contributed by atoms with E-state index in [1.165, 1.54) is 0 Å². The maximum absolute atomic E-state index is 12.0. The summed E-state index contributed by atoms with van der Waals surface area (Å²) in [6.45, 7) is 6.95.